The predicted molar refractivity (Wildman–Crippen MR) is 155 cm³/mol. The van der Waals surface area contributed by atoms with E-state index in [1.54, 1.807) is 29.2 Å². The minimum absolute atomic E-state index is 0.0238. The Hall–Kier alpha value is -4.11. The number of halogens is 1. The van der Waals surface area contributed by atoms with Crippen LogP contribution in [-0.2, 0) is 36.9 Å². The SMILES string of the molecule is C=C(Cl)C(=C)C(=O)Nc1ccc(C[C@H](NC(=O)C2C3CCC(CC3)N2C(=O)OCc2ccccc2)C(=O)OC)cc1. The van der Waals surface area contributed by atoms with Crippen molar-refractivity contribution < 1.29 is 28.7 Å². The van der Waals surface area contributed by atoms with Crippen molar-refractivity contribution in [1.82, 2.24) is 10.2 Å². The highest BCUT2D eigenvalue weighted by molar-refractivity contribution is 6.35. The van der Waals surface area contributed by atoms with Crippen LogP contribution in [0.1, 0.15) is 36.8 Å². The fourth-order valence-corrected chi connectivity index (χ4v) is 5.51. The number of amides is 3. The van der Waals surface area contributed by atoms with E-state index in [9.17, 15) is 19.2 Å². The van der Waals surface area contributed by atoms with Gasteiger partial charge in [0.1, 0.15) is 18.7 Å². The number of hydrogen-bond donors (Lipinski definition) is 2. The van der Waals surface area contributed by atoms with Crippen molar-refractivity contribution in [3.05, 3.63) is 89.5 Å². The Morgan fingerprint density at radius 2 is 1.63 bits per heavy atom. The molecule has 2 aliphatic heterocycles. The van der Waals surface area contributed by atoms with Crippen molar-refractivity contribution in [2.24, 2.45) is 5.92 Å². The number of methoxy groups -OCH3 is 1. The first-order chi connectivity index (χ1) is 19.7. The zero-order valence-electron chi connectivity index (χ0n) is 22.9. The number of rotatable bonds is 10. The summed E-state index contributed by atoms with van der Waals surface area (Å²) in [6, 6.07) is 14.3. The first-order valence-corrected chi connectivity index (χ1v) is 13.9. The molecule has 0 aromatic heterocycles. The molecule has 2 aromatic rings. The number of hydrogen-bond acceptors (Lipinski definition) is 6. The maximum Gasteiger partial charge on any atom is 0.411 e. The summed E-state index contributed by atoms with van der Waals surface area (Å²) in [5.41, 5.74) is 2.14. The highest BCUT2D eigenvalue weighted by atomic mass is 35.5. The van der Waals surface area contributed by atoms with Crippen LogP contribution >= 0.6 is 11.6 Å². The number of anilines is 1. The Balaban J connectivity index is 1.44. The monoisotopic (exact) mass is 579 g/mol. The van der Waals surface area contributed by atoms with Gasteiger partial charge in [-0.3, -0.25) is 14.5 Å². The average Bonchev–Trinajstić information content (AvgIpc) is 3.00. The fraction of sp³-hybridized carbons (Fsp3) is 0.355. The Morgan fingerprint density at radius 1 is 0.976 bits per heavy atom. The van der Waals surface area contributed by atoms with E-state index in [0.717, 1.165) is 36.8 Å². The number of fused-ring (bicyclic) bond motifs is 3. The van der Waals surface area contributed by atoms with Gasteiger partial charge in [0.2, 0.25) is 5.91 Å². The number of benzene rings is 2. The number of ether oxygens (including phenoxy) is 2. The highest BCUT2D eigenvalue weighted by Gasteiger charge is 2.49. The third-order valence-electron chi connectivity index (χ3n) is 7.62. The zero-order valence-corrected chi connectivity index (χ0v) is 23.7. The molecular weight excluding hydrogens is 546 g/mol. The first kappa shape index (κ1) is 29.9. The van der Waals surface area contributed by atoms with Crippen LogP contribution in [-0.4, -0.2) is 54.0 Å². The molecule has 0 radical (unpaired) electrons. The lowest BCUT2D eigenvalue weighted by Crippen LogP contribution is -2.64. The van der Waals surface area contributed by atoms with E-state index >= 15 is 0 Å². The molecular formula is C31H34ClN3O6. The molecule has 3 amide bonds. The molecule has 2 bridgehead atoms. The van der Waals surface area contributed by atoms with Crippen LogP contribution < -0.4 is 10.6 Å². The van der Waals surface area contributed by atoms with Crippen molar-refractivity contribution in [2.75, 3.05) is 12.4 Å². The second-order valence-corrected chi connectivity index (χ2v) is 10.7. The van der Waals surface area contributed by atoms with Gasteiger partial charge in [-0.1, -0.05) is 67.2 Å². The summed E-state index contributed by atoms with van der Waals surface area (Å²) in [5.74, 6) is -1.52. The second-order valence-electron chi connectivity index (χ2n) is 10.3. The molecule has 3 aliphatic rings. The van der Waals surface area contributed by atoms with Crippen LogP contribution in [0.4, 0.5) is 10.5 Å². The molecule has 1 unspecified atom stereocenters. The smallest absolute Gasteiger partial charge is 0.411 e. The second kappa shape index (κ2) is 13.5. The van der Waals surface area contributed by atoms with Gasteiger partial charge in [0.25, 0.3) is 5.91 Å². The van der Waals surface area contributed by atoms with E-state index in [1.165, 1.54) is 7.11 Å². The van der Waals surface area contributed by atoms with Crippen molar-refractivity contribution in [2.45, 2.75) is 56.8 Å². The van der Waals surface area contributed by atoms with Crippen molar-refractivity contribution in [3.8, 4) is 0 Å². The zero-order chi connectivity index (χ0) is 29.5. The number of nitrogens with one attached hydrogen (secondary N) is 2. The lowest BCUT2D eigenvalue weighted by molar-refractivity contribution is -0.147. The minimum atomic E-state index is -0.977. The summed E-state index contributed by atoms with van der Waals surface area (Å²) in [6.45, 7) is 7.19. The van der Waals surface area contributed by atoms with E-state index < -0.39 is 36.0 Å². The van der Waals surface area contributed by atoms with Gasteiger partial charge >= 0.3 is 12.1 Å². The Morgan fingerprint density at radius 3 is 2.24 bits per heavy atom. The van der Waals surface area contributed by atoms with Gasteiger partial charge in [0, 0.05) is 23.2 Å². The summed E-state index contributed by atoms with van der Waals surface area (Å²) in [6.07, 6.45) is 2.89. The van der Waals surface area contributed by atoms with Gasteiger partial charge in [-0.2, -0.15) is 0 Å². The van der Waals surface area contributed by atoms with Crippen LogP contribution in [0.5, 0.6) is 0 Å². The normalized spacial score (nSPS) is 20.0. The van der Waals surface area contributed by atoms with Gasteiger partial charge in [0.05, 0.1) is 12.7 Å². The molecule has 10 heteroatoms. The van der Waals surface area contributed by atoms with E-state index in [-0.39, 0.29) is 35.6 Å². The van der Waals surface area contributed by atoms with Gasteiger partial charge in [0.15, 0.2) is 0 Å². The molecule has 1 saturated carbocycles. The van der Waals surface area contributed by atoms with Crippen molar-refractivity contribution in [1.29, 1.82) is 0 Å². The maximum absolute atomic E-state index is 13.7. The van der Waals surface area contributed by atoms with E-state index in [0.29, 0.717) is 5.69 Å². The fourth-order valence-electron chi connectivity index (χ4n) is 5.43. The topological polar surface area (TPSA) is 114 Å². The quantitative estimate of drug-likeness (QED) is 0.239. The largest absolute Gasteiger partial charge is 0.467 e. The van der Waals surface area contributed by atoms with Crippen LogP contribution in [0.15, 0.2) is 78.4 Å². The Kier molecular flexibility index (Phi) is 9.83. The first-order valence-electron chi connectivity index (χ1n) is 13.5. The third-order valence-corrected chi connectivity index (χ3v) is 7.85. The van der Waals surface area contributed by atoms with Gasteiger partial charge in [-0.15, -0.1) is 0 Å². The maximum atomic E-state index is 13.7. The van der Waals surface area contributed by atoms with E-state index in [1.807, 2.05) is 30.3 Å². The van der Waals surface area contributed by atoms with Crippen molar-refractivity contribution >= 4 is 41.2 Å². The average molecular weight is 580 g/mol. The van der Waals surface area contributed by atoms with E-state index in [2.05, 4.69) is 23.8 Å². The number of carbonyl (C=O) groups excluding carboxylic acids is 4. The standard InChI is InChI=1S/C31H34ClN3O6/c1-19(20(2)32)28(36)33-24-13-9-21(10-14-24)17-26(30(38)40-3)34-29(37)27-23-11-15-25(16-12-23)35(27)31(39)41-18-22-7-5-4-6-8-22/h4-10,13-14,23,25-27H,1-2,11-12,15-18H2,3H3,(H,33,36)(H,34,37)/t23?,25?,26-,27?/m0/s1. The molecule has 41 heavy (non-hydrogen) atoms. The Labute approximate surface area is 244 Å². The van der Waals surface area contributed by atoms with Crippen LogP contribution in [0.2, 0.25) is 0 Å². The summed E-state index contributed by atoms with van der Waals surface area (Å²) in [5, 5.41) is 5.55. The predicted octanol–water partition coefficient (Wildman–Crippen LogP) is 4.71. The summed E-state index contributed by atoms with van der Waals surface area (Å²) >= 11 is 5.74. The number of esters is 1. The van der Waals surface area contributed by atoms with Gasteiger partial charge < -0.3 is 20.1 Å². The van der Waals surface area contributed by atoms with Crippen LogP contribution in [0, 0.1) is 5.92 Å². The van der Waals surface area contributed by atoms with Crippen LogP contribution in [0.3, 0.4) is 0 Å². The summed E-state index contributed by atoms with van der Waals surface area (Å²) in [7, 11) is 1.26. The summed E-state index contributed by atoms with van der Waals surface area (Å²) < 4.78 is 10.6. The lowest BCUT2D eigenvalue weighted by Gasteiger charge is -2.49. The minimum Gasteiger partial charge on any atom is -0.467 e. The molecule has 2 aromatic carbocycles. The molecule has 216 valence electrons. The van der Waals surface area contributed by atoms with Gasteiger partial charge in [-0.25, -0.2) is 9.59 Å². The van der Waals surface area contributed by atoms with E-state index in [4.69, 9.17) is 21.1 Å². The molecule has 2 heterocycles. The molecule has 1 aliphatic carbocycles. The van der Waals surface area contributed by atoms with Crippen molar-refractivity contribution in [3.63, 3.8) is 0 Å². The van der Waals surface area contributed by atoms with Crippen LogP contribution in [0.25, 0.3) is 0 Å². The summed E-state index contributed by atoms with van der Waals surface area (Å²) in [4.78, 5) is 53.3. The lowest BCUT2D eigenvalue weighted by atomic mass is 9.74. The van der Waals surface area contributed by atoms with Gasteiger partial charge in [-0.05, 0) is 54.9 Å². The molecule has 3 fully saturated rings. The molecule has 2 N–H and O–H groups in total. The Bertz CT molecular complexity index is 1300. The highest BCUT2D eigenvalue weighted by Crippen LogP contribution is 2.40. The molecule has 2 saturated heterocycles. The number of nitrogens with zero attached hydrogens (tertiary/aromatic N) is 1. The molecule has 2 atom stereocenters. The molecule has 9 nitrogen and oxygen atoms in total. The number of piperidine rings is 2. The third kappa shape index (κ3) is 7.35. The molecule has 0 spiro atoms. The number of carbonyl (C=O) groups is 4. The molecule has 5 rings (SSSR count).